The number of esters is 1. The van der Waals surface area contributed by atoms with E-state index >= 15 is 0 Å². The Morgan fingerprint density at radius 2 is 1.86 bits per heavy atom. The van der Waals surface area contributed by atoms with Gasteiger partial charge >= 0.3 is 5.97 Å². The van der Waals surface area contributed by atoms with Gasteiger partial charge in [0.2, 0.25) is 5.91 Å². The van der Waals surface area contributed by atoms with E-state index in [4.69, 9.17) is 9.47 Å². The lowest BCUT2D eigenvalue weighted by Gasteiger charge is -2.08. The molecule has 0 aliphatic heterocycles. The number of hydrogen-bond acceptors (Lipinski definition) is 8. The predicted molar refractivity (Wildman–Crippen MR) is 140 cm³/mol. The zero-order valence-corrected chi connectivity index (χ0v) is 22.1. The summed E-state index contributed by atoms with van der Waals surface area (Å²) < 4.78 is 13.5. The third-order valence-corrected chi connectivity index (χ3v) is 7.40. The summed E-state index contributed by atoms with van der Waals surface area (Å²) >= 11 is 5.92. The van der Waals surface area contributed by atoms with Crippen LogP contribution in [0, 0.1) is 0 Å². The molecule has 11 heteroatoms. The average Bonchev–Trinajstić information content (AvgIpc) is 3.45. The number of hydrogen-bond donors (Lipinski definition) is 1. The van der Waals surface area contributed by atoms with E-state index in [1.807, 2.05) is 67.0 Å². The van der Waals surface area contributed by atoms with Crippen LogP contribution in [0.3, 0.4) is 0 Å². The molecule has 1 N–H and O–H groups in total. The normalized spacial score (nSPS) is 10.7. The highest BCUT2D eigenvalue weighted by Gasteiger charge is 2.22. The molecule has 0 radical (unpaired) electrons. The largest absolute Gasteiger partial charge is 0.486 e. The fourth-order valence-electron chi connectivity index (χ4n) is 3.15. The zero-order chi connectivity index (χ0) is 24.8. The van der Waals surface area contributed by atoms with Gasteiger partial charge in [-0.1, -0.05) is 58.0 Å². The van der Waals surface area contributed by atoms with Gasteiger partial charge in [-0.15, -0.1) is 21.5 Å². The van der Waals surface area contributed by atoms with Crippen LogP contribution in [0.25, 0.3) is 11.1 Å². The molecular weight excluding hydrogens is 552 g/mol. The molecule has 0 aliphatic carbocycles. The first-order valence-corrected chi connectivity index (χ1v) is 13.1. The number of carbonyl (C=O) groups excluding carboxylic acids is 2. The van der Waals surface area contributed by atoms with Crippen molar-refractivity contribution in [3.8, 4) is 16.9 Å². The van der Waals surface area contributed by atoms with E-state index in [9.17, 15) is 9.59 Å². The van der Waals surface area contributed by atoms with Gasteiger partial charge < -0.3 is 19.4 Å². The first-order valence-electron chi connectivity index (χ1n) is 10.4. The molecule has 2 heterocycles. The number of carbonyl (C=O) groups is 2. The number of methoxy groups -OCH3 is 1. The Morgan fingerprint density at radius 3 is 2.57 bits per heavy atom. The van der Waals surface area contributed by atoms with Gasteiger partial charge in [-0.3, -0.25) is 4.79 Å². The number of ether oxygens (including phenoxy) is 2. The molecule has 1 amide bonds. The molecule has 0 saturated heterocycles. The second-order valence-corrected chi connectivity index (χ2v) is 9.99. The van der Waals surface area contributed by atoms with Crippen LogP contribution in [0.2, 0.25) is 0 Å². The van der Waals surface area contributed by atoms with Crippen molar-refractivity contribution >= 4 is 55.9 Å². The van der Waals surface area contributed by atoms with Crippen LogP contribution < -0.4 is 10.1 Å². The molecule has 35 heavy (non-hydrogen) atoms. The molecule has 8 nitrogen and oxygen atoms in total. The molecule has 180 valence electrons. The highest BCUT2D eigenvalue weighted by molar-refractivity contribution is 9.10. The zero-order valence-electron chi connectivity index (χ0n) is 18.9. The van der Waals surface area contributed by atoms with Crippen LogP contribution in [0.4, 0.5) is 5.00 Å². The molecule has 4 aromatic rings. The number of thioether (sulfide) groups is 1. The molecule has 0 bridgehead atoms. The van der Waals surface area contributed by atoms with Crippen molar-refractivity contribution in [2.75, 3.05) is 18.2 Å². The minimum Gasteiger partial charge on any atom is -0.486 e. The van der Waals surface area contributed by atoms with Crippen molar-refractivity contribution in [3.63, 3.8) is 0 Å². The van der Waals surface area contributed by atoms with Gasteiger partial charge in [0.15, 0.2) is 11.0 Å². The average molecular weight is 573 g/mol. The number of anilines is 1. The summed E-state index contributed by atoms with van der Waals surface area (Å²) in [5.41, 5.74) is 1.93. The van der Waals surface area contributed by atoms with E-state index in [1.165, 1.54) is 30.2 Å². The van der Waals surface area contributed by atoms with Gasteiger partial charge in [0, 0.05) is 22.5 Å². The van der Waals surface area contributed by atoms with Gasteiger partial charge in [-0.25, -0.2) is 4.79 Å². The standard InChI is InChI=1S/C24H21BrN4O4S2/c1-29-19(12-33-17-10-8-16(25)9-11-17)27-28-24(29)35-14-20(30)26-22-21(23(31)32-2)18(13-34-22)15-6-4-3-5-7-15/h3-11,13H,12,14H2,1-2H3,(H,26,30). The van der Waals surface area contributed by atoms with Gasteiger partial charge in [-0.05, 0) is 29.8 Å². The molecule has 0 saturated carbocycles. The second kappa shape index (κ2) is 11.5. The van der Waals surface area contributed by atoms with Crippen LogP contribution in [-0.4, -0.2) is 39.5 Å². The number of thiophene rings is 1. The maximum absolute atomic E-state index is 12.7. The summed E-state index contributed by atoms with van der Waals surface area (Å²) in [6.07, 6.45) is 0. The summed E-state index contributed by atoms with van der Waals surface area (Å²) in [6, 6.07) is 17.0. The van der Waals surface area contributed by atoms with Crippen molar-refractivity contribution in [1.82, 2.24) is 14.8 Å². The van der Waals surface area contributed by atoms with Gasteiger partial charge in [0.25, 0.3) is 0 Å². The van der Waals surface area contributed by atoms with Crippen molar-refractivity contribution in [2.45, 2.75) is 11.8 Å². The van der Waals surface area contributed by atoms with E-state index in [1.54, 1.807) is 4.57 Å². The van der Waals surface area contributed by atoms with Crippen molar-refractivity contribution in [3.05, 3.63) is 75.8 Å². The maximum atomic E-state index is 12.7. The lowest BCUT2D eigenvalue weighted by molar-refractivity contribution is -0.113. The third kappa shape index (κ3) is 6.11. The lowest BCUT2D eigenvalue weighted by Crippen LogP contribution is -2.16. The Balaban J connectivity index is 1.39. The Hall–Kier alpha value is -3.15. The summed E-state index contributed by atoms with van der Waals surface area (Å²) in [7, 11) is 3.14. The fraction of sp³-hybridized carbons (Fsp3) is 0.167. The van der Waals surface area contributed by atoms with E-state index in [2.05, 4.69) is 31.4 Å². The molecule has 0 aliphatic rings. The summed E-state index contributed by atoms with van der Waals surface area (Å²) in [6.45, 7) is 0.248. The number of aromatic nitrogens is 3. The third-order valence-electron chi connectivity index (χ3n) is 4.96. The first kappa shape index (κ1) is 25.0. The monoisotopic (exact) mass is 572 g/mol. The predicted octanol–water partition coefficient (Wildman–Crippen LogP) is 5.40. The Labute approximate surface area is 218 Å². The van der Waals surface area contributed by atoms with Gasteiger partial charge in [0.1, 0.15) is 22.9 Å². The smallest absolute Gasteiger partial charge is 0.341 e. The topological polar surface area (TPSA) is 95.3 Å². The maximum Gasteiger partial charge on any atom is 0.341 e. The van der Waals surface area contributed by atoms with Crippen molar-refractivity contribution in [1.29, 1.82) is 0 Å². The summed E-state index contributed by atoms with van der Waals surface area (Å²) in [5, 5.41) is 14.0. The number of halogens is 1. The fourth-order valence-corrected chi connectivity index (χ4v) is 5.12. The second-order valence-electron chi connectivity index (χ2n) is 7.25. The molecule has 4 rings (SSSR count). The molecule has 2 aromatic heterocycles. The highest BCUT2D eigenvalue weighted by Crippen LogP contribution is 2.36. The number of benzene rings is 2. The van der Waals surface area contributed by atoms with Crippen LogP contribution in [0.15, 0.2) is 69.6 Å². The quantitative estimate of drug-likeness (QED) is 0.212. The lowest BCUT2D eigenvalue weighted by atomic mass is 10.0. The number of nitrogens with one attached hydrogen (secondary N) is 1. The minimum atomic E-state index is -0.503. The SMILES string of the molecule is COC(=O)c1c(-c2ccccc2)csc1NC(=O)CSc1nnc(COc2ccc(Br)cc2)n1C. The Bertz CT molecular complexity index is 1320. The highest BCUT2D eigenvalue weighted by atomic mass is 79.9. The Morgan fingerprint density at radius 1 is 1.11 bits per heavy atom. The van der Waals surface area contributed by atoms with Gasteiger partial charge in [-0.2, -0.15) is 0 Å². The number of nitrogens with zero attached hydrogens (tertiary/aromatic N) is 3. The van der Waals surface area contributed by atoms with E-state index in [0.29, 0.717) is 27.1 Å². The number of amides is 1. The molecule has 0 unspecified atom stereocenters. The molecule has 0 fully saturated rings. The van der Waals surface area contributed by atoms with Crippen molar-refractivity contribution < 1.29 is 19.1 Å². The molecule has 2 aromatic carbocycles. The van der Waals surface area contributed by atoms with Crippen molar-refractivity contribution in [2.24, 2.45) is 7.05 Å². The van der Waals surface area contributed by atoms with Crippen LogP contribution in [0.5, 0.6) is 5.75 Å². The molecule has 0 spiro atoms. The molecular formula is C24H21BrN4O4S2. The van der Waals surface area contributed by atoms with Crippen LogP contribution in [-0.2, 0) is 23.2 Å². The van der Waals surface area contributed by atoms with Gasteiger partial charge in [0.05, 0.1) is 12.9 Å². The minimum absolute atomic E-state index is 0.0960. The summed E-state index contributed by atoms with van der Waals surface area (Å²) in [5.74, 6) is 0.680. The Kier molecular flexibility index (Phi) is 8.21. The van der Waals surface area contributed by atoms with Crippen LogP contribution in [0.1, 0.15) is 16.2 Å². The van der Waals surface area contributed by atoms with E-state index < -0.39 is 5.97 Å². The van der Waals surface area contributed by atoms with E-state index in [-0.39, 0.29) is 18.3 Å². The molecule has 0 atom stereocenters. The summed E-state index contributed by atoms with van der Waals surface area (Å²) in [4.78, 5) is 25.2. The van der Waals surface area contributed by atoms with E-state index in [0.717, 1.165) is 15.8 Å². The van der Waals surface area contributed by atoms with Crippen LogP contribution >= 0.6 is 39.0 Å². The first-order chi connectivity index (χ1) is 17.0. The number of rotatable bonds is 9.